The molecule has 1 saturated carbocycles. The Balaban J connectivity index is 1.94. The zero-order valence-electron chi connectivity index (χ0n) is 12.5. The van der Waals surface area contributed by atoms with E-state index in [1.165, 1.54) is 5.56 Å². The summed E-state index contributed by atoms with van der Waals surface area (Å²) in [6, 6.07) is 11.4. The van der Waals surface area contributed by atoms with Gasteiger partial charge in [-0.3, -0.25) is 9.69 Å². The largest absolute Gasteiger partial charge is 0.480 e. The van der Waals surface area contributed by atoms with Crippen molar-refractivity contribution in [1.82, 2.24) is 4.90 Å². The van der Waals surface area contributed by atoms with E-state index in [1.54, 1.807) is 0 Å². The first-order valence-corrected chi connectivity index (χ1v) is 7.60. The fourth-order valence-corrected chi connectivity index (χ4v) is 3.36. The molecule has 3 heteroatoms. The van der Waals surface area contributed by atoms with Gasteiger partial charge in [0.25, 0.3) is 0 Å². The molecule has 0 radical (unpaired) electrons. The first-order valence-electron chi connectivity index (χ1n) is 7.60. The Labute approximate surface area is 121 Å². The van der Waals surface area contributed by atoms with Crippen molar-refractivity contribution in [1.29, 1.82) is 0 Å². The molecule has 0 unspecified atom stereocenters. The normalized spacial score (nSPS) is 23.2. The van der Waals surface area contributed by atoms with Crippen LogP contribution in [0.25, 0.3) is 0 Å². The number of aliphatic carboxylic acids is 1. The summed E-state index contributed by atoms with van der Waals surface area (Å²) < 4.78 is 0. The summed E-state index contributed by atoms with van der Waals surface area (Å²) in [6.07, 6.45) is 4.53. The van der Waals surface area contributed by atoms with Crippen molar-refractivity contribution in [3.63, 3.8) is 0 Å². The standard InChI is InChI=1S/C17H25NO2/c1-13(2)18(12-17(19)20)16-10-8-15(9-11-16)14-6-4-3-5-7-14/h3-7,13,15-16H,8-12H2,1-2H3,(H,19,20). The highest BCUT2D eigenvalue weighted by molar-refractivity contribution is 5.69. The molecule has 0 spiro atoms. The van der Waals surface area contributed by atoms with Gasteiger partial charge in [-0.25, -0.2) is 0 Å². The van der Waals surface area contributed by atoms with Crippen molar-refractivity contribution in [2.45, 2.75) is 57.5 Å². The van der Waals surface area contributed by atoms with E-state index in [0.717, 1.165) is 25.7 Å². The molecule has 1 fully saturated rings. The molecule has 0 atom stereocenters. The molecule has 0 aromatic heterocycles. The molecule has 3 nitrogen and oxygen atoms in total. The van der Waals surface area contributed by atoms with Crippen LogP contribution in [0.4, 0.5) is 0 Å². The predicted octanol–water partition coefficient (Wildman–Crippen LogP) is 3.51. The van der Waals surface area contributed by atoms with Gasteiger partial charge in [0.15, 0.2) is 0 Å². The summed E-state index contributed by atoms with van der Waals surface area (Å²) in [7, 11) is 0. The van der Waals surface area contributed by atoms with E-state index in [9.17, 15) is 4.79 Å². The van der Waals surface area contributed by atoms with Crippen molar-refractivity contribution in [2.24, 2.45) is 0 Å². The Bertz CT molecular complexity index is 422. The third-order valence-electron chi connectivity index (χ3n) is 4.42. The van der Waals surface area contributed by atoms with Gasteiger partial charge in [0.1, 0.15) is 0 Å². The molecule has 20 heavy (non-hydrogen) atoms. The number of benzene rings is 1. The maximum Gasteiger partial charge on any atom is 0.317 e. The number of nitrogens with zero attached hydrogens (tertiary/aromatic N) is 1. The third kappa shape index (κ3) is 3.83. The molecule has 0 bridgehead atoms. The van der Waals surface area contributed by atoms with Crippen LogP contribution in [-0.4, -0.2) is 34.6 Å². The lowest BCUT2D eigenvalue weighted by Crippen LogP contribution is -2.45. The number of carboxylic acids is 1. The fraction of sp³-hybridized carbons (Fsp3) is 0.588. The van der Waals surface area contributed by atoms with Crippen LogP contribution < -0.4 is 0 Å². The fourth-order valence-electron chi connectivity index (χ4n) is 3.36. The summed E-state index contributed by atoms with van der Waals surface area (Å²) in [5.41, 5.74) is 1.43. The van der Waals surface area contributed by atoms with Crippen LogP contribution in [0.1, 0.15) is 51.0 Å². The molecule has 1 aromatic rings. The minimum atomic E-state index is -0.719. The maximum atomic E-state index is 11.0. The summed E-state index contributed by atoms with van der Waals surface area (Å²) in [6.45, 7) is 4.34. The molecule has 110 valence electrons. The Morgan fingerprint density at radius 1 is 1.20 bits per heavy atom. The predicted molar refractivity (Wildman–Crippen MR) is 80.9 cm³/mol. The lowest BCUT2D eigenvalue weighted by atomic mass is 9.81. The Morgan fingerprint density at radius 2 is 1.80 bits per heavy atom. The van der Waals surface area contributed by atoms with Crippen LogP contribution in [0, 0.1) is 0 Å². The van der Waals surface area contributed by atoms with Gasteiger partial charge < -0.3 is 5.11 Å². The summed E-state index contributed by atoms with van der Waals surface area (Å²) in [5, 5.41) is 9.05. The van der Waals surface area contributed by atoms with Gasteiger partial charge >= 0.3 is 5.97 Å². The molecule has 1 aliphatic rings. The van der Waals surface area contributed by atoms with Crippen LogP contribution in [0.15, 0.2) is 30.3 Å². The maximum absolute atomic E-state index is 11.0. The molecule has 1 N–H and O–H groups in total. The van der Waals surface area contributed by atoms with Crippen molar-refractivity contribution in [3.8, 4) is 0 Å². The van der Waals surface area contributed by atoms with Gasteiger partial charge in [-0.1, -0.05) is 30.3 Å². The van der Waals surface area contributed by atoms with Crippen LogP contribution in [0.2, 0.25) is 0 Å². The molecule has 0 aliphatic heterocycles. The van der Waals surface area contributed by atoms with E-state index in [-0.39, 0.29) is 6.54 Å². The van der Waals surface area contributed by atoms with Gasteiger partial charge in [-0.15, -0.1) is 0 Å². The minimum Gasteiger partial charge on any atom is -0.480 e. The molecule has 1 aromatic carbocycles. The minimum absolute atomic E-state index is 0.165. The lowest BCUT2D eigenvalue weighted by molar-refractivity contribution is -0.139. The first-order chi connectivity index (χ1) is 9.58. The Kier molecular flexibility index (Phi) is 5.18. The van der Waals surface area contributed by atoms with E-state index in [0.29, 0.717) is 18.0 Å². The monoisotopic (exact) mass is 275 g/mol. The molecule has 1 aliphatic carbocycles. The number of hydrogen-bond acceptors (Lipinski definition) is 2. The van der Waals surface area contributed by atoms with E-state index in [2.05, 4.69) is 49.1 Å². The van der Waals surface area contributed by atoms with Gasteiger partial charge in [-0.2, -0.15) is 0 Å². The SMILES string of the molecule is CC(C)N(CC(=O)O)C1CCC(c2ccccc2)CC1. The van der Waals surface area contributed by atoms with E-state index >= 15 is 0 Å². The van der Waals surface area contributed by atoms with Crippen molar-refractivity contribution in [2.75, 3.05) is 6.54 Å². The summed E-state index contributed by atoms with van der Waals surface area (Å²) in [4.78, 5) is 13.1. The Morgan fingerprint density at radius 3 is 2.30 bits per heavy atom. The van der Waals surface area contributed by atoms with E-state index in [1.807, 2.05) is 0 Å². The smallest absolute Gasteiger partial charge is 0.317 e. The summed E-state index contributed by atoms with van der Waals surface area (Å²) in [5.74, 6) is -0.0739. The molecule has 0 heterocycles. The number of carboxylic acid groups (broad SMARTS) is 1. The second-order valence-corrected chi connectivity index (χ2v) is 6.08. The third-order valence-corrected chi connectivity index (χ3v) is 4.42. The number of hydrogen-bond donors (Lipinski definition) is 1. The molecular weight excluding hydrogens is 250 g/mol. The molecule has 2 rings (SSSR count). The molecule has 0 amide bonds. The average molecular weight is 275 g/mol. The van der Waals surface area contributed by atoms with Gasteiger partial charge in [0.05, 0.1) is 6.54 Å². The van der Waals surface area contributed by atoms with Crippen LogP contribution in [0.3, 0.4) is 0 Å². The number of carbonyl (C=O) groups is 1. The second-order valence-electron chi connectivity index (χ2n) is 6.08. The number of rotatable bonds is 5. The molecule has 0 saturated heterocycles. The van der Waals surface area contributed by atoms with E-state index in [4.69, 9.17) is 5.11 Å². The van der Waals surface area contributed by atoms with Crippen molar-refractivity contribution in [3.05, 3.63) is 35.9 Å². The van der Waals surface area contributed by atoms with Crippen LogP contribution >= 0.6 is 0 Å². The lowest BCUT2D eigenvalue weighted by Gasteiger charge is -2.38. The summed E-state index contributed by atoms with van der Waals surface area (Å²) >= 11 is 0. The van der Waals surface area contributed by atoms with Gasteiger partial charge in [-0.05, 0) is 51.0 Å². The Hall–Kier alpha value is -1.35. The van der Waals surface area contributed by atoms with E-state index < -0.39 is 5.97 Å². The van der Waals surface area contributed by atoms with Gasteiger partial charge in [0.2, 0.25) is 0 Å². The highest BCUT2D eigenvalue weighted by Gasteiger charge is 2.28. The topological polar surface area (TPSA) is 40.5 Å². The average Bonchev–Trinajstić information content (AvgIpc) is 2.45. The molecular formula is C17H25NO2. The van der Waals surface area contributed by atoms with Crippen LogP contribution in [-0.2, 0) is 4.79 Å². The van der Waals surface area contributed by atoms with Crippen molar-refractivity contribution < 1.29 is 9.90 Å². The highest BCUT2D eigenvalue weighted by atomic mass is 16.4. The zero-order chi connectivity index (χ0) is 14.5. The highest BCUT2D eigenvalue weighted by Crippen LogP contribution is 2.35. The quantitative estimate of drug-likeness (QED) is 0.894. The second kappa shape index (κ2) is 6.89. The van der Waals surface area contributed by atoms with Crippen LogP contribution in [0.5, 0.6) is 0 Å². The zero-order valence-corrected chi connectivity index (χ0v) is 12.5. The van der Waals surface area contributed by atoms with Gasteiger partial charge in [0, 0.05) is 12.1 Å². The first kappa shape index (κ1) is 15.0. The van der Waals surface area contributed by atoms with Crippen molar-refractivity contribution >= 4 is 5.97 Å².